The molecule has 0 saturated heterocycles. The van der Waals surface area contributed by atoms with Crippen LogP contribution in [0.2, 0.25) is 0 Å². The predicted molar refractivity (Wildman–Crippen MR) is 108 cm³/mol. The molecule has 0 aromatic carbocycles. The van der Waals surface area contributed by atoms with Crippen LogP contribution >= 0.6 is 0 Å². The fraction of sp³-hybridized carbons (Fsp3) is 1.00. The van der Waals surface area contributed by atoms with Crippen LogP contribution in [0.25, 0.3) is 0 Å². The second kappa shape index (κ2) is 20.6. The molecule has 1 atom stereocenters. The molecule has 0 N–H and O–H groups in total. The van der Waals surface area contributed by atoms with E-state index < -0.39 is 15.4 Å². The summed E-state index contributed by atoms with van der Waals surface area (Å²) in [5.74, 6) is 0. The predicted octanol–water partition coefficient (Wildman–Crippen LogP) is 3.97. The molecule has 0 aromatic rings. The Bertz CT molecular complexity index is 371. The minimum Gasteiger partial charge on any atom is -0.748 e. The topological polar surface area (TPSA) is 57.2 Å². The van der Waals surface area contributed by atoms with Gasteiger partial charge in [0.25, 0.3) is 0 Å². The van der Waals surface area contributed by atoms with E-state index in [4.69, 9.17) is 0 Å². The zero-order valence-corrected chi connectivity index (χ0v) is 20.8. The number of hydrogen-bond donors (Lipinski definition) is 0. The maximum atomic E-state index is 11.4. The van der Waals surface area contributed by atoms with E-state index in [0.29, 0.717) is 12.8 Å². The Morgan fingerprint density at radius 3 is 1.12 bits per heavy atom. The smallest absolute Gasteiger partial charge is 0.748 e. The van der Waals surface area contributed by atoms with Gasteiger partial charge in [0.2, 0.25) is 0 Å². The summed E-state index contributed by atoms with van der Waals surface area (Å²) in [6.07, 6.45) is 20.2. The van der Waals surface area contributed by atoms with Gasteiger partial charge in [-0.05, 0) is 12.8 Å². The molecule has 0 aliphatic heterocycles. The molecule has 1 unspecified atom stereocenters. The van der Waals surface area contributed by atoms with Crippen molar-refractivity contribution in [3.63, 3.8) is 0 Å². The van der Waals surface area contributed by atoms with Crippen LogP contribution in [-0.4, -0.2) is 18.2 Å². The van der Waals surface area contributed by atoms with Crippen LogP contribution in [0.15, 0.2) is 0 Å². The summed E-state index contributed by atoms with van der Waals surface area (Å²) >= 11 is 0. The summed E-state index contributed by atoms with van der Waals surface area (Å²) < 4.78 is 34.3. The number of rotatable bonds is 19. The maximum absolute atomic E-state index is 11.4. The van der Waals surface area contributed by atoms with E-state index in [2.05, 4.69) is 13.8 Å². The molecule has 0 aliphatic carbocycles. The Morgan fingerprint density at radius 1 is 0.577 bits per heavy atom. The summed E-state index contributed by atoms with van der Waals surface area (Å²) in [5.41, 5.74) is 0. The van der Waals surface area contributed by atoms with E-state index in [1.165, 1.54) is 77.0 Å². The first-order valence-electron chi connectivity index (χ1n) is 11.0. The average Bonchev–Trinajstić information content (AvgIpc) is 2.56. The molecule has 0 bridgehead atoms. The molecule has 26 heavy (non-hydrogen) atoms. The molecule has 0 fully saturated rings. The number of hydrogen-bond acceptors (Lipinski definition) is 3. The van der Waals surface area contributed by atoms with Gasteiger partial charge in [-0.2, -0.15) is 0 Å². The minimum absolute atomic E-state index is 0. The second-order valence-corrected chi connectivity index (χ2v) is 9.29. The van der Waals surface area contributed by atoms with Crippen LogP contribution in [-0.2, 0) is 10.1 Å². The molecule has 0 aromatic heterocycles. The van der Waals surface area contributed by atoms with Gasteiger partial charge < -0.3 is 4.55 Å². The van der Waals surface area contributed by atoms with Crippen LogP contribution in [0.1, 0.15) is 129 Å². The Kier molecular flexibility index (Phi) is 23.1. The van der Waals surface area contributed by atoms with Crippen molar-refractivity contribution in [3.05, 3.63) is 0 Å². The zero-order valence-electron chi connectivity index (χ0n) is 17.9. The van der Waals surface area contributed by atoms with Gasteiger partial charge in [-0.15, -0.1) is 0 Å². The molecule has 0 aliphatic rings. The summed E-state index contributed by atoms with van der Waals surface area (Å²) in [6.45, 7) is 4.43. The molecule has 0 rings (SSSR count). The van der Waals surface area contributed by atoms with Gasteiger partial charge in [0.15, 0.2) is 0 Å². The molecule has 0 heterocycles. The van der Waals surface area contributed by atoms with Crippen molar-refractivity contribution in [2.75, 3.05) is 0 Å². The van der Waals surface area contributed by atoms with Crippen molar-refractivity contribution in [3.8, 4) is 0 Å². The average molecular weight is 399 g/mol. The summed E-state index contributed by atoms with van der Waals surface area (Å²) in [6, 6.07) is 0. The van der Waals surface area contributed by atoms with E-state index in [1.807, 2.05) is 0 Å². The second-order valence-electron chi connectivity index (χ2n) is 7.64. The van der Waals surface area contributed by atoms with Gasteiger partial charge in [0.1, 0.15) is 0 Å². The fourth-order valence-electron chi connectivity index (χ4n) is 3.44. The quantitative estimate of drug-likeness (QED) is 0.188. The van der Waals surface area contributed by atoms with Gasteiger partial charge in [-0.1, -0.05) is 117 Å². The van der Waals surface area contributed by atoms with Crippen LogP contribution in [0.5, 0.6) is 0 Å². The molecular formula is C21H43NaO3S. The van der Waals surface area contributed by atoms with Crippen molar-refractivity contribution in [1.29, 1.82) is 0 Å². The van der Waals surface area contributed by atoms with Gasteiger partial charge in [0, 0.05) is 5.25 Å². The Labute approximate surface area is 186 Å². The Balaban J connectivity index is 0. The first-order valence-corrected chi connectivity index (χ1v) is 12.4. The van der Waals surface area contributed by atoms with Crippen molar-refractivity contribution >= 4 is 10.1 Å². The summed E-state index contributed by atoms with van der Waals surface area (Å²) in [7, 11) is -4.12. The molecular weight excluding hydrogens is 355 g/mol. The summed E-state index contributed by atoms with van der Waals surface area (Å²) in [5, 5.41) is -0.646. The van der Waals surface area contributed by atoms with Crippen LogP contribution in [0.4, 0.5) is 0 Å². The van der Waals surface area contributed by atoms with E-state index in [9.17, 15) is 13.0 Å². The first kappa shape index (κ1) is 29.1. The third-order valence-electron chi connectivity index (χ3n) is 5.17. The van der Waals surface area contributed by atoms with E-state index >= 15 is 0 Å². The molecule has 3 nitrogen and oxygen atoms in total. The zero-order chi connectivity index (χ0) is 18.8. The van der Waals surface area contributed by atoms with Crippen molar-refractivity contribution in [1.82, 2.24) is 0 Å². The van der Waals surface area contributed by atoms with Crippen LogP contribution in [0.3, 0.4) is 0 Å². The minimum atomic E-state index is -4.12. The summed E-state index contributed by atoms with van der Waals surface area (Å²) in [4.78, 5) is 0. The van der Waals surface area contributed by atoms with Crippen LogP contribution in [0, 0.1) is 0 Å². The third kappa shape index (κ3) is 19.7. The molecule has 0 saturated carbocycles. The molecule has 5 heteroatoms. The Morgan fingerprint density at radius 2 is 0.846 bits per heavy atom. The fourth-order valence-corrected chi connectivity index (χ4v) is 4.36. The SMILES string of the molecule is CCCCCCCCCCCC(CCCCCCCCC)S(=O)(=O)[O-].[Na+]. The van der Waals surface area contributed by atoms with E-state index in [1.54, 1.807) is 0 Å². The monoisotopic (exact) mass is 398 g/mol. The molecule has 0 spiro atoms. The van der Waals surface area contributed by atoms with Crippen molar-refractivity contribution in [2.24, 2.45) is 0 Å². The van der Waals surface area contributed by atoms with E-state index in [0.717, 1.165) is 25.7 Å². The van der Waals surface area contributed by atoms with Crippen LogP contribution < -0.4 is 29.6 Å². The third-order valence-corrected chi connectivity index (χ3v) is 6.46. The largest absolute Gasteiger partial charge is 1.00 e. The van der Waals surface area contributed by atoms with Gasteiger partial charge >= 0.3 is 29.6 Å². The molecule has 0 amide bonds. The maximum Gasteiger partial charge on any atom is 1.00 e. The van der Waals surface area contributed by atoms with Crippen molar-refractivity contribution in [2.45, 2.75) is 135 Å². The number of unbranched alkanes of at least 4 members (excludes halogenated alkanes) is 14. The van der Waals surface area contributed by atoms with Gasteiger partial charge in [-0.3, -0.25) is 0 Å². The molecule has 0 radical (unpaired) electrons. The van der Waals surface area contributed by atoms with Crippen molar-refractivity contribution < 1.29 is 42.5 Å². The van der Waals surface area contributed by atoms with Gasteiger partial charge in [-0.25, -0.2) is 8.42 Å². The van der Waals surface area contributed by atoms with E-state index in [-0.39, 0.29) is 29.6 Å². The van der Waals surface area contributed by atoms with Gasteiger partial charge in [0.05, 0.1) is 10.1 Å². The standard InChI is InChI=1S/C21H44O3S.Na/c1-3-5-7-9-11-12-14-16-18-20-21(25(22,23)24)19-17-15-13-10-8-6-4-2;/h21H,3-20H2,1-2H3,(H,22,23,24);/q;+1/p-1. The molecule has 152 valence electrons. The normalized spacial score (nSPS) is 12.7. The first-order chi connectivity index (χ1) is 12.0. The Hall–Kier alpha value is 0.910.